The van der Waals surface area contributed by atoms with Crippen molar-refractivity contribution < 1.29 is 23.5 Å². The number of hydrogen-bond acceptors (Lipinski definition) is 4. The molecular formula is C21H26ClFN2O4. The van der Waals surface area contributed by atoms with Gasteiger partial charge in [0.1, 0.15) is 5.60 Å². The minimum Gasteiger partial charge on any atom is -0.444 e. The van der Waals surface area contributed by atoms with E-state index in [-0.39, 0.29) is 40.3 Å². The second-order valence-electron chi connectivity index (χ2n) is 9.28. The van der Waals surface area contributed by atoms with Crippen molar-refractivity contribution in [2.45, 2.75) is 45.8 Å². The zero-order valence-electron chi connectivity index (χ0n) is 17.2. The van der Waals surface area contributed by atoms with E-state index in [2.05, 4.69) is 5.32 Å². The van der Waals surface area contributed by atoms with Gasteiger partial charge in [0.05, 0.1) is 16.1 Å². The predicted molar refractivity (Wildman–Crippen MR) is 106 cm³/mol. The maximum absolute atomic E-state index is 14.2. The van der Waals surface area contributed by atoms with Crippen molar-refractivity contribution in [1.29, 1.82) is 0 Å². The van der Waals surface area contributed by atoms with Crippen molar-refractivity contribution in [2.75, 3.05) is 13.1 Å². The molecule has 0 bridgehead atoms. The van der Waals surface area contributed by atoms with E-state index in [9.17, 15) is 18.8 Å². The third-order valence-electron chi connectivity index (χ3n) is 5.35. The number of ether oxygens (including phenoxy) is 1. The van der Waals surface area contributed by atoms with Gasteiger partial charge in [0.25, 0.3) is 0 Å². The summed E-state index contributed by atoms with van der Waals surface area (Å²) in [7, 11) is 0. The number of halogens is 2. The molecule has 1 saturated heterocycles. The van der Waals surface area contributed by atoms with E-state index in [4.69, 9.17) is 16.3 Å². The van der Waals surface area contributed by atoms with E-state index < -0.39 is 22.7 Å². The van der Waals surface area contributed by atoms with E-state index >= 15 is 0 Å². The first-order valence-electron chi connectivity index (χ1n) is 9.60. The van der Waals surface area contributed by atoms with Crippen molar-refractivity contribution in [2.24, 2.45) is 17.8 Å². The van der Waals surface area contributed by atoms with Crippen molar-refractivity contribution in [3.63, 3.8) is 0 Å². The first kappa shape index (κ1) is 21.6. The van der Waals surface area contributed by atoms with Crippen LogP contribution in [0.25, 0.3) is 0 Å². The van der Waals surface area contributed by atoms with E-state index in [1.165, 1.54) is 18.2 Å². The number of carbonyl (C=O) groups excluding carboxylic acids is 3. The van der Waals surface area contributed by atoms with Crippen LogP contribution in [-0.4, -0.2) is 46.9 Å². The van der Waals surface area contributed by atoms with Crippen molar-refractivity contribution >= 4 is 29.4 Å². The van der Waals surface area contributed by atoms with Gasteiger partial charge in [-0.25, -0.2) is 9.18 Å². The standard InChI is InChI=1S/C21H26ClFN2O4/c1-20(2,3)29-19(28)25-9-12-13(10-25)15(12)18(27)24-21(4,5)17(26)11-7-6-8-14(22)16(11)23/h6-8,12-13,15H,9-10H2,1-5H3,(H,24,27). The van der Waals surface area contributed by atoms with Crippen LogP contribution in [-0.2, 0) is 9.53 Å². The summed E-state index contributed by atoms with van der Waals surface area (Å²) in [4.78, 5) is 39.2. The molecule has 2 fully saturated rings. The van der Waals surface area contributed by atoms with E-state index in [0.29, 0.717) is 13.1 Å². The molecule has 29 heavy (non-hydrogen) atoms. The molecule has 1 aromatic rings. The number of likely N-dealkylation sites (tertiary alicyclic amines) is 1. The fraction of sp³-hybridized carbons (Fsp3) is 0.571. The van der Waals surface area contributed by atoms with Crippen LogP contribution in [0.1, 0.15) is 45.0 Å². The molecule has 2 unspecified atom stereocenters. The van der Waals surface area contributed by atoms with Crippen LogP contribution < -0.4 is 5.32 Å². The van der Waals surface area contributed by atoms with Crippen molar-refractivity contribution in [1.82, 2.24) is 10.2 Å². The lowest BCUT2D eigenvalue weighted by atomic mass is 9.92. The van der Waals surface area contributed by atoms with Gasteiger partial charge >= 0.3 is 6.09 Å². The highest BCUT2D eigenvalue weighted by atomic mass is 35.5. The molecule has 2 amide bonds. The lowest BCUT2D eigenvalue weighted by Crippen LogP contribution is -2.51. The lowest BCUT2D eigenvalue weighted by molar-refractivity contribution is -0.124. The topological polar surface area (TPSA) is 75.7 Å². The number of rotatable bonds is 4. The summed E-state index contributed by atoms with van der Waals surface area (Å²) < 4.78 is 19.6. The lowest BCUT2D eigenvalue weighted by Gasteiger charge is -2.27. The van der Waals surface area contributed by atoms with Gasteiger partial charge in [0.2, 0.25) is 5.91 Å². The summed E-state index contributed by atoms with van der Waals surface area (Å²) in [6.45, 7) is 9.40. The highest BCUT2D eigenvalue weighted by Crippen LogP contribution is 2.52. The Morgan fingerprint density at radius 1 is 1.14 bits per heavy atom. The zero-order valence-corrected chi connectivity index (χ0v) is 18.0. The maximum Gasteiger partial charge on any atom is 0.410 e. The van der Waals surface area contributed by atoms with E-state index in [1.807, 2.05) is 0 Å². The molecule has 158 valence electrons. The number of amides is 2. The fourth-order valence-electron chi connectivity index (χ4n) is 3.85. The average molecular weight is 425 g/mol. The highest BCUT2D eigenvalue weighted by molar-refractivity contribution is 6.31. The van der Waals surface area contributed by atoms with Crippen LogP contribution in [0.2, 0.25) is 5.02 Å². The normalized spacial score (nSPS) is 23.4. The summed E-state index contributed by atoms with van der Waals surface area (Å²) in [5.41, 5.74) is -2.01. The second kappa shape index (κ2) is 7.27. The minimum atomic E-state index is -1.29. The number of nitrogens with zero attached hydrogens (tertiary/aromatic N) is 1. The molecule has 1 heterocycles. The molecule has 2 aliphatic rings. The second-order valence-corrected chi connectivity index (χ2v) is 9.69. The molecule has 2 atom stereocenters. The molecule has 0 radical (unpaired) electrons. The largest absolute Gasteiger partial charge is 0.444 e. The SMILES string of the molecule is CC(C)(C)OC(=O)N1CC2C(C1)C2C(=O)NC(C)(C)C(=O)c1cccc(Cl)c1F. The third-order valence-corrected chi connectivity index (χ3v) is 5.64. The maximum atomic E-state index is 14.2. The molecule has 0 aromatic heterocycles. The molecule has 6 nitrogen and oxygen atoms in total. The van der Waals surface area contributed by atoms with Gasteiger partial charge in [0, 0.05) is 19.0 Å². The summed E-state index contributed by atoms with van der Waals surface area (Å²) in [6.07, 6.45) is -0.379. The Bertz CT molecular complexity index is 853. The van der Waals surface area contributed by atoms with Crippen molar-refractivity contribution in [3.05, 3.63) is 34.6 Å². The molecule has 1 N–H and O–H groups in total. The number of ketones is 1. The quantitative estimate of drug-likeness (QED) is 0.748. The van der Waals surface area contributed by atoms with Gasteiger partial charge in [-0.05, 0) is 58.6 Å². The average Bonchev–Trinajstić information content (AvgIpc) is 3.09. The summed E-state index contributed by atoms with van der Waals surface area (Å²) in [5, 5.41) is 2.60. The van der Waals surface area contributed by atoms with Crippen LogP contribution in [0.3, 0.4) is 0 Å². The summed E-state index contributed by atoms with van der Waals surface area (Å²) in [6, 6.07) is 4.20. The Balaban J connectivity index is 1.59. The molecule has 1 saturated carbocycles. The smallest absolute Gasteiger partial charge is 0.410 e. The Kier molecular flexibility index (Phi) is 5.41. The van der Waals surface area contributed by atoms with Gasteiger partial charge in [-0.1, -0.05) is 17.7 Å². The molecule has 0 spiro atoms. The number of piperidine rings is 1. The Morgan fingerprint density at radius 3 is 2.28 bits per heavy atom. The van der Waals surface area contributed by atoms with Gasteiger partial charge in [-0.3, -0.25) is 9.59 Å². The molecule has 1 aliphatic heterocycles. The van der Waals surface area contributed by atoms with Crippen LogP contribution in [0.15, 0.2) is 18.2 Å². The van der Waals surface area contributed by atoms with E-state index in [1.54, 1.807) is 39.5 Å². The summed E-state index contributed by atoms with van der Waals surface area (Å²) in [5.74, 6) is -1.76. The number of benzene rings is 1. The Labute approximate surface area is 174 Å². The molecule has 3 rings (SSSR count). The Morgan fingerprint density at radius 2 is 1.72 bits per heavy atom. The Hall–Kier alpha value is -2.15. The predicted octanol–water partition coefficient (Wildman–Crippen LogP) is 3.67. The van der Waals surface area contributed by atoms with Crippen LogP contribution >= 0.6 is 11.6 Å². The first-order chi connectivity index (χ1) is 13.3. The number of hydrogen-bond donors (Lipinski definition) is 1. The van der Waals surface area contributed by atoms with Gasteiger partial charge in [0.15, 0.2) is 11.6 Å². The number of fused-ring (bicyclic) bond motifs is 1. The van der Waals surface area contributed by atoms with Crippen molar-refractivity contribution in [3.8, 4) is 0 Å². The van der Waals surface area contributed by atoms with Crippen LogP contribution in [0.4, 0.5) is 9.18 Å². The minimum absolute atomic E-state index is 0.0522. The van der Waals surface area contributed by atoms with Gasteiger partial charge < -0.3 is 15.0 Å². The monoisotopic (exact) mass is 424 g/mol. The highest BCUT2D eigenvalue weighted by Gasteiger charge is 2.61. The molecule has 8 heteroatoms. The first-order valence-corrected chi connectivity index (χ1v) is 9.98. The van der Waals surface area contributed by atoms with Crippen LogP contribution in [0.5, 0.6) is 0 Å². The van der Waals surface area contributed by atoms with Gasteiger partial charge in [-0.15, -0.1) is 0 Å². The number of nitrogens with one attached hydrogen (secondary N) is 1. The fourth-order valence-corrected chi connectivity index (χ4v) is 4.03. The van der Waals surface area contributed by atoms with Gasteiger partial charge in [-0.2, -0.15) is 0 Å². The molecule has 1 aliphatic carbocycles. The van der Waals surface area contributed by atoms with E-state index in [0.717, 1.165) is 0 Å². The third kappa shape index (κ3) is 4.39. The zero-order chi connectivity index (χ0) is 21.7. The summed E-state index contributed by atoms with van der Waals surface area (Å²) >= 11 is 5.76. The molecule has 1 aromatic carbocycles. The van der Waals surface area contributed by atoms with Crippen LogP contribution in [0, 0.1) is 23.6 Å². The molecular weight excluding hydrogens is 399 g/mol. The number of carbonyl (C=O) groups is 3. The number of Topliss-reactive ketones (excluding diaryl/α,β-unsaturated/α-hetero) is 1.